The van der Waals surface area contributed by atoms with E-state index in [-0.39, 0.29) is 24.1 Å². The number of amides is 3. The van der Waals surface area contributed by atoms with Gasteiger partial charge in [-0.05, 0) is 25.0 Å². The average Bonchev–Trinajstić information content (AvgIpc) is 2.71. The number of imide groups is 1. The Bertz CT molecular complexity index is 693. The summed E-state index contributed by atoms with van der Waals surface area (Å²) >= 11 is 0. The molecule has 2 heterocycles. The zero-order valence-electron chi connectivity index (χ0n) is 12.0. The van der Waals surface area contributed by atoms with Crippen molar-refractivity contribution in [1.82, 2.24) is 9.80 Å². The first-order valence-corrected chi connectivity index (χ1v) is 6.86. The van der Waals surface area contributed by atoms with Crippen LogP contribution in [0.4, 0.5) is 0 Å². The van der Waals surface area contributed by atoms with Crippen molar-refractivity contribution in [3.63, 3.8) is 0 Å². The van der Waals surface area contributed by atoms with Gasteiger partial charge in [0.2, 0.25) is 5.91 Å². The van der Waals surface area contributed by atoms with E-state index in [0.29, 0.717) is 17.7 Å². The second kappa shape index (κ2) is 4.55. The molecular formula is C16H16N2O3. The molecular weight excluding hydrogens is 268 g/mol. The molecule has 0 aliphatic carbocycles. The summed E-state index contributed by atoms with van der Waals surface area (Å²) in [5.74, 6) is -0.756. The summed E-state index contributed by atoms with van der Waals surface area (Å²) in [7, 11) is 1.46. The number of hydrogen-bond acceptors (Lipinski definition) is 3. The number of hydrogen-bond donors (Lipinski definition) is 0. The summed E-state index contributed by atoms with van der Waals surface area (Å²) in [6.45, 7) is 5.91. The van der Waals surface area contributed by atoms with Crippen LogP contribution >= 0.6 is 0 Å². The molecule has 1 saturated heterocycles. The van der Waals surface area contributed by atoms with Gasteiger partial charge in [-0.15, -0.1) is 0 Å². The van der Waals surface area contributed by atoms with Gasteiger partial charge in [-0.3, -0.25) is 24.2 Å². The van der Waals surface area contributed by atoms with Gasteiger partial charge in [-0.1, -0.05) is 18.7 Å². The summed E-state index contributed by atoms with van der Waals surface area (Å²) in [6, 6.07) is 4.85. The Morgan fingerprint density at radius 2 is 1.95 bits per heavy atom. The highest BCUT2D eigenvalue weighted by Crippen LogP contribution is 2.37. The van der Waals surface area contributed by atoms with Crippen LogP contribution in [0.3, 0.4) is 0 Å². The van der Waals surface area contributed by atoms with Crippen LogP contribution in [0.25, 0.3) is 5.70 Å². The molecule has 0 saturated carbocycles. The third-order valence-corrected chi connectivity index (χ3v) is 4.23. The highest BCUT2D eigenvalue weighted by molar-refractivity contribution is 6.12. The molecule has 1 fully saturated rings. The molecule has 3 rings (SSSR count). The first-order chi connectivity index (χ1) is 9.93. The van der Waals surface area contributed by atoms with E-state index >= 15 is 0 Å². The van der Waals surface area contributed by atoms with E-state index in [1.807, 2.05) is 19.1 Å². The number of likely N-dealkylation sites (N-methyl/N-ethyl adjacent to an activating group) is 1. The lowest BCUT2D eigenvalue weighted by atomic mass is 10.0. The van der Waals surface area contributed by atoms with Crippen molar-refractivity contribution >= 4 is 23.4 Å². The predicted octanol–water partition coefficient (Wildman–Crippen LogP) is 1.57. The molecule has 1 aromatic rings. The second-order valence-electron chi connectivity index (χ2n) is 5.46. The van der Waals surface area contributed by atoms with E-state index in [1.165, 1.54) is 11.9 Å². The van der Waals surface area contributed by atoms with Crippen LogP contribution in [-0.2, 0) is 9.59 Å². The van der Waals surface area contributed by atoms with E-state index in [9.17, 15) is 14.4 Å². The molecule has 5 nitrogen and oxygen atoms in total. The number of fused-ring (bicyclic) bond motifs is 1. The zero-order valence-corrected chi connectivity index (χ0v) is 12.0. The molecule has 1 atom stereocenters. The van der Waals surface area contributed by atoms with Crippen LogP contribution in [-0.4, -0.2) is 40.6 Å². The van der Waals surface area contributed by atoms with Gasteiger partial charge >= 0.3 is 0 Å². The first-order valence-electron chi connectivity index (χ1n) is 6.86. The van der Waals surface area contributed by atoms with Crippen molar-refractivity contribution in [2.24, 2.45) is 0 Å². The highest BCUT2D eigenvalue weighted by Gasteiger charge is 2.43. The first kappa shape index (κ1) is 13.5. The average molecular weight is 284 g/mol. The van der Waals surface area contributed by atoms with Gasteiger partial charge in [0.25, 0.3) is 11.8 Å². The minimum atomic E-state index is -0.639. The molecule has 1 aromatic carbocycles. The van der Waals surface area contributed by atoms with Gasteiger partial charge in [0.15, 0.2) is 0 Å². The Morgan fingerprint density at radius 3 is 2.62 bits per heavy atom. The Kier molecular flexibility index (Phi) is 2.93. The maximum Gasteiger partial charge on any atom is 0.259 e. The molecule has 2 aliphatic rings. The molecule has 0 bridgehead atoms. The molecule has 21 heavy (non-hydrogen) atoms. The van der Waals surface area contributed by atoms with Crippen molar-refractivity contribution in [2.75, 3.05) is 7.05 Å². The number of carbonyl (C=O) groups excluding carboxylic acids is 3. The van der Waals surface area contributed by atoms with Crippen molar-refractivity contribution in [3.8, 4) is 0 Å². The molecule has 2 aliphatic heterocycles. The third-order valence-electron chi connectivity index (χ3n) is 4.23. The molecule has 1 unspecified atom stereocenters. The molecule has 3 amide bonds. The maximum absolute atomic E-state index is 12.6. The van der Waals surface area contributed by atoms with Crippen molar-refractivity contribution < 1.29 is 14.4 Å². The number of piperidine rings is 1. The Labute approximate surface area is 122 Å². The van der Waals surface area contributed by atoms with Crippen LogP contribution in [0, 0.1) is 6.92 Å². The van der Waals surface area contributed by atoms with E-state index in [2.05, 4.69) is 6.58 Å². The Morgan fingerprint density at radius 1 is 1.24 bits per heavy atom. The fourth-order valence-electron chi connectivity index (χ4n) is 3.07. The van der Waals surface area contributed by atoms with Gasteiger partial charge in [0.05, 0.1) is 0 Å². The highest BCUT2D eigenvalue weighted by atomic mass is 16.2. The van der Waals surface area contributed by atoms with E-state index in [4.69, 9.17) is 0 Å². The number of nitrogens with zero attached hydrogens (tertiary/aromatic N) is 2. The van der Waals surface area contributed by atoms with Gasteiger partial charge in [-0.2, -0.15) is 0 Å². The van der Waals surface area contributed by atoms with Crippen LogP contribution in [0.15, 0.2) is 24.8 Å². The van der Waals surface area contributed by atoms with E-state index in [0.717, 1.165) is 16.0 Å². The third kappa shape index (κ3) is 1.81. The summed E-state index contributed by atoms with van der Waals surface area (Å²) < 4.78 is 0. The van der Waals surface area contributed by atoms with Crippen molar-refractivity contribution in [3.05, 3.63) is 41.5 Å². The minimum Gasteiger partial charge on any atom is -0.296 e. The quantitative estimate of drug-likeness (QED) is 0.735. The number of rotatable bonds is 1. The van der Waals surface area contributed by atoms with E-state index < -0.39 is 6.04 Å². The molecule has 108 valence electrons. The SMILES string of the molecule is C=C1c2c(C)cccc2C(=O)N1C1CCC(=O)N(C)C1=O. The maximum atomic E-state index is 12.6. The van der Waals surface area contributed by atoms with Crippen molar-refractivity contribution in [2.45, 2.75) is 25.8 Å². The number of aryl methyl sites for hydroxylation is 1. The van der Waals surface area contributed by atoms with Crippen LogP contribution in [0.1, 0.15) is 34.3 Å². The lowest BCUT2D eigenvalue weighted by Crippen LogP contribution is -2.52. The molecule has 0 spiro atoms. The zero-order chi connectivity index (χ0) is 15.3. The minimum absolute atomic E-state index is 0.206. The Hall–Kier alpha value is -2.43. The fourth-order valence-corrected chi connectivity index (χ4v) is 3.07. The number of carbonyl (C=O) groups is 3. The van der Waals surface area contributed by atoms with Crippen LogP contribution in [0.2, 0.25) is 0 Å². The molecule has 0 N–H and O–H groups in total. The topological polar surface area (TPSA) is 57.7 Å². The van der Waals surface area contributed by atoms with Gasteiger partial charge in [0, 0.05) is 30.3 Å². The molecule has 0 aromatic heterocycles. The van der Waals surface area contributed by atoms with E-state index in [1.54, 1.807) is 6.07 Å². The second-order valence-corrected chi connectivity index (χ2v) is 5.46. The van der Waals surface area contributed by atoms with Gasteiger partial charge in [-0.25, -0.2) is 0 Å². The van der Waals surface area contributed by atoms with Crippen LogP contribution < -0.4 is 0 Å². The number of benzene rings is 1. The lowest BCUT2D eigenvalue weighted by molar-refractivity contribution is -0.149. The largest absolute Gasteiger partial charge is 0.296 e. The standard InChI is InChI=1S/C16H16N2O3/c1-9-5-4-6-11-14(9)10(2)18(15(11)20)12-7-8-13(19)17(3)16(12)21/h4-6,12H,2,7-8H2,1,3H3. The normalized spacial score (nSPS) is 22.1. The lowest BCUT2D eigenvalue weighted by Gasteiger charge is -2.34. The fraction of sp³-hybridized carbons (Fsp3) is 0.312. The summed E-state index contributed by atoms with van der Waals surface area (Å²) in [4.78, 5) is 39.1. The van der Waals surface area contributed by atoms with Crippen LogP contribution in [0.5, 0.6) is 0 Å². The van der Waals surface area contributed by atoms with Crippen molar-refractivity contribution in [1.29, 1.82) is 0 Å². The predicted molar refractivity (Wildman–Crippen MR) is 77.2 cm³/mol. The smallest absolute Gasteiger partial charge is 0.259 e. The number of likely N-dealkylation sites (tertiary alicyclic amines) is 1. The summed E-state index contributed by atoms with van der Waals surface area (Å²) in [5.41, 5.74) is 2.89. The summed E-state index contributed by atoms with van der Waals surface area (Å²) in [6.07, 6.45) is 0.610. The Balaban J connectivity index is 2.01. The van der Waals surface area contributed by atoms with Gasteiger partial charge in [0.1, 0.15) is 6.04 Å². The summed E-state index contributed by atoms with van der Waals surface area (Å²) in [5, 5.41) is 0. The monoisotopic (exact) mass is 284 g/mol. The molecule has 5 heteroatoms. The van der Waals surface area contributed by atoms with Gasteiger partial charge < -0.3 is 0 Å². The molecule has 0 radical (unpaired) electrons.